The predicted molar refractivity (Wildman–Crippen MR) is 134 cm³/mol. The lowest BCUT2D eigenvalue weighted by molar-refractivity contribution is -0.137. The van der Waals surface area contributed by atoms with E-state index >= 15 is 0 Å². The molecule has 7 heteroatoms. The molecule has 4 nitrogen and oxygen atoms in total. The number of halogens is 3. The topological polar surface area (TPSA) is 50.7 Å². The van der Waals surface area contributed by atoms with Crippen LogP contribution in [-0.4, -0.2) is 30.9 Å². The van der Waals surface area contributed by atoms with Crippen LogP contribution in [0, 0.1) is 0 Å². The smallest absolute Gasteiger partial charge is 0.416 e. The molecule has 4 aromatic rings. The lowest BCUT2D eigenvalue weighted by Crippen LogP contribution is -2.32. The van der Waals surface area contributed by atoms with E-state index < -0.39 is 17.8 Å². The van der Waals surface area contributed by atoms with E-state index in [9.17, 15) is 18.3 Å². The molecular weight excluding hydrogens is 467 g/mol. The minimum atomic E-state index is -4.39. The zero-order valence-electron chi connectivity index (χ0n) is 19.6. The first-order chi connectivity index (χ1) is 17.4. The van der Waals surface area contributed by atoms with Crippen LogP contribution in [0.1, 0.15) is 23.7 Å². The Morgan fingerprint density at radius 3 is 2.25 bits per heavy atom. The van der Waals surface area contributed by atoms with Crippen LogP contribution in [0.25, 0.3) is 10.8 Å². The van der Waals surface area contributed by atoms with Crippen molar-refractivity contribution in [1.29, 1.82) is 0 Å². The summed E-state index contributed by atoms with van der Waals surface area (Å²) in [6.45, 7) is 1.00. The van der Waals surface area contributed by atoms with E-state index in [2.05, 4.69) is 5.32 Å². The number of hydrogen-bond donors (Lipinski definition) is 2. The second-order valence-corrected chi connectivity index (χ2v) is 8.47. The molecule has 0 heterocycles. The summed E-state index contributed by atoms with van der Waals surface area (Å²) >= 11 is 0. The lowest BCUT2D eigenvalue weighted by atomic mass is 10.1. The van der Waals surface area contributed by atoms with E-state index in [0.29, 0.717) is 25.3 Å². The average Bonchev–Trinajstić information content (AvgIpc) is 2.89. The van der Waals surface area contributed by atoms with Crippen molar-refractivity contribution >= 4 is 10.8 Å². The number of aliphatic hydroxyl groups excluding tert-OH is 1. The highest BCUT2D eigenvalue weighted by Crippen LogP contribution is 2.32. The van der Waals surface area contributed by atoms with Crippen molar-refractivity contribution in [3.63, 3.8) is 0 Å². The summed E-state index contributed by atoms with van der Waals surface area (Å²) in [5.74, 6) is 1.08. The summed E-state index contributed by atoms with van der Waals surface area (Å²) in [5, 5.41) is 15.7. The van der Waals surface area contributed by atoms with Crippen LogP contribution in [0.3, 0.4) is 0 Å². The zero-order valence-corrected chi connectivity index (χ0v) is 19.6. The number of hydrogen-bond acceptors (Lipinski definition) is 4. The summed E-state index contributed by atoms with van der Waals surface area (Å²) in [6.07, 6.45) is -4.91. The summed E-state index contributed by atoms with van der Waals surface area (Å²) < 4.78 is 50.5. The molecule has 2 N–H and O–H groups in total. The minimum Gasteiger partial charge on any atom is -0.490 e. The highest BCUT2D eigenvalue weighted by molar-refractivity contribution is 5.88. The SMILES string of the molecule is O[C@H](CNCC[C@H](Oc1ccc(C(F)(F)F)cc1)c1ccccc1)COc1cccc2ccccc12. The van der Waals surface area contributed by atoms with Gasteiger partial charge in [0, 0.05) is 18.4 Å². The molecule has 188 valence electrons. The summed E-state index contributed by atoms with van der Waals surface area (Å²) in [6, 6.07) is 27.9. The largest absolute Gasteiger partial charge is 0.490 e. The molecule has 0 radical (unpaired) electrons. The molecule has 0 unspecified atom stereocenters. The Bertz CT molecular complexity index is 1220. The normalized spacial score (nSPS) is 13.3. The third kappa shape index (κ3) is 6.99. The molecule has 0 saturated heterocycles. The number of aliphatic hydroxyl groups is 1. The van der Waals surface area contributed by atoms with E-state index in [0.717, 1.165) is 34.2 Å². The van der Waals surface area contributed by atoms with Gasteiger partial charge in [-0.15, -0.1) is 0 Å². The number of nitrogens with one attached hydrogen (secondary N) is 1. The molecule has 0 aliphatic heterocycles. The third-order valence-electron chi connectivity index (χ3n) is 5.78. The first-order valence-electron chi connectivity index (χ1n) is 11.8. The Hall–Kier alpha value is -3.55. The van der Waals surface area contributed by atoms with Crippen LogP contribution >= 0.6 is 0 Å². The molecule has 4 rings (SSSR count). The quantitative estimate of drug-likeness (QED) is 0.237. The van der Waals surface area contributed by atoms with Crippen LogP contribution in [0.2, 0.25) is 0 Å². The molecule has 36 heavy (non-hydrogen) atoms. The molecule has 0 aromatic heterocycles. The van der Waals surface area contributed by atoms with Gasteiger partial charge in [0.15, 0.2) is 0 Å². The van der Waals surface area contributed by atoms with Gasteiger partial charge in [0.05, 0.1) is 5.56 Å². The molecule has 0 aliphatic rings. The third-order valence-corrected chi connectivity index (χ3v) is 5.78. The number of ether oxygens (including phenoxy) is 2. The van der Waals surface area contributed by atoms with Crippen molar-refractivity contribution < 1.29 is 27.8 Å². The second kappa shape index (κ2) is 11.9. The van der Waals surface area contributed by atoms with Crippen molar-refractivity contribution in [2.24, 2.45) is 0 Å². The molecule has 4 aromatic carbocycles. The highest BCUT2D eigenvalue weighted by atomic mass is 19.4. The molecule has 0 aliphatic carbocycles. The number of alkyl halides is 3. The van der Waals surface area contributed by atoms with E-state index in [1.54, 1.807) is 0 Å². The summed E-state index contributed by atoms with van der Waals surface area (Å²) in [5.41, 5.74) is 0.200. The van der Waals surface area contributed by atoms with Crippen molar-refractivity contribution in [3.05, 3.63) is 108 Å². The predicted octanol–water partition coefficient (Wildman–Crippen LogP) is 6.40. The first-order valence-corrected chi connectivity index (χ1v) is 11.8. The Kier molecular flexibility index (Phi) is 8.46. The van der Waals surface area contributed by atoms with E-state index in [1.165, 1.54) is 12.1 Å². The van der Waals surface area contributed by atoms with Crippen LogP contribution in [-0.2, 0) is 6.18 Å². The molecule has 2 atom stereocenters. The van der Waals surface area contributed by atoms with Crippen molar-refractivity contribution in [3.8, 4) is 11.5 Å². The highest BCUT2D eigenvalue weighted by Gasteiger charge is 2.30. The van der Waals surface area contributed by atoms with Crippen molar-refractivity contribution in [1.82, 2.24) is 5.32 Å². The summed E-state index contributed by atoms with van der Waals surface area (Å²) in [7, 11) is 0. The van der Waals surface area contributed by atoms with Crippen LogP contribution in [0.15, 0.2) is 97.1 Å². The van der Waals surface area contributed by atoms with Crippen LogP contribution in [0.5, 0.6) is 11.5 Å². The van der Waals surface area contributed by atoms with E-state index in [-0.39, 0.29) is 12.7 Å². The number of benzene rings is 4. The molecule has 0 saturated carbocycles. The number of rotatable bonds is 11. The van der Waals surface area contributed by atoms with Gasteiger partial charge in [-0.1, -0.05) is 66.7 Å². The fourth-order valence-corrected chi connectivity index (χ4v) is 3.92. The van der Waals surface area contributed by atoms with Crippen molar-refractivity contribution in [2.75, 3.05) is 19.7 Å². The van der Waals surface area contributed by atoms with E-state index in [1.807, 2.05) is 72.8 Å². The van der Waals surface area contributed by atoms with Gasteiger partial charge in [-0.2, -0.15) is 13.2 Å². The maximum absolute atomic E-state index is 12.9. The maximum Gasteiger partial charge on any atom is 0.416 e. The van der Waals surface area contributed by atoms with Crippen molar-refractivity contribution in [2.45, 2.75) is 24.8 Å². The zero-order chi connectivity index (χ0) is 25.4. The minimum absolute atomic E-state index is 0.144. The van der Waals surface area contributed by atoms with Gasteiger partial charge in [0.25, 0.3) is 0 Å². The molecular formula is C29H28F3NO3. The lowest BCUT2D eigenvalue weighted by Gasteiger charge is -2.21. The molecule has 0 fully saturated rings. The standard InChI is InChI=1S/C29H28F3NO3/c30-29(31,32)23-13-15-25(16-14-23)36-27(22-8-2-1-3-9-22)17-18-33-19-24(34)20-35-28-12-6-10-21-7-4-5-11-26(21)28/h1-16,24,27,33-34H,17-20H2/t24-,27+/m1/s1. The Morgan fingerprint density at radius 1 is 0.806 bits per heavy atom. The van der Waals surface area contributed by atoms with Crippen LogP contribution in [0.4, 0.5) is 13.2 Å². The van der Waals surface area contributed by atoms with Gasteiger partial charge in [-0.25, -0.2) is 0 Å². The van der Waals surface area contributed by atoms with Gasteiger partial charge in [0.2, 0.25) is 0 Å². The van der Waals surface area contributed by atoms with Gasteiger partial charge in [-0.3, -0.25) is 0 Å². The van der Waals surface area contributed by atoms with E-state index in [4.69, 9.17) is 9.47 Å². The molecule has 0 bridgehead atoms. The fraction of sp³-hybridized carbons (Fsp3) is 0.241. The van der Waals surface area contributed by atoms with Gasteiger partial charge in [0.1, 0.15) is 30.3 Å². The Morgan fingerprint density at radius 2 is 1.50 bits per heavy atom. The van der Waals surface area contributed by atoms with Gasteiger partial charge < -0.3 is 19.9 Å². The first kappa shape index (κ1) is 25.5. The summed E-state index contributed by atoms with van der Waals surface area (Å²) in [4.78, 5) is 0. The van der Waals surface area contributed by atoms with Gasteiger partial charge in [-0.05, 0) is 47.8 Å². The monoisotopic (exact) mass is 495 g/mol. The molecule has 0 amide bonds. The Balaban J connectivity index is 1.28. The molecule has 0 spiro atoms. The fourth-order valence-electron chi connectivity index (χ4n) is 3.92. The Labute approximate surface area is 208 Å². The second-order valence-electron chi connectivity index (χ2n) is 8.47. The maximum atomic E-state index is 12.9. The van der Waals surface area contributed by atoms with Crippen LogP contribution < -0.4 is 14.8 Å². The number of fused-ring (bicyclic) bond motifs is 1. The average molecular weight is 496 g/mol. The van der Waals surface area contributed by atoms with Gasteiger partial charge >= 0.3 is 6.18 Å².